The molecule has 1 heterocycles. The standard InChI is InChI=1S/C23H28ClN3/c1-16(2)18-7-5-17(6-8-18)14-27-23(3,4)15-26-21-11-12-25-22-13-19(24)9-10-20(21)22/h5-13,16,27H,14-15H2,1-4H3,(H,25,26). The van der Waals surface area contributed by atoms with Crippen molar-refractivity contribution in [1.29, 1.82) is 0 Å². The molecule has 142 valence electrons. The second-order valence-electron chi connectivity index (χ2n) is 8.01. The molecule has 0 saturated carbocycles. The van der Waals surface area contributed by atoms with Crippen molar-refractivity contribution >= 4 is 28.2 Å². The smallest absolute Gasteiger partial charge is 0.0737 e. The van der Waals surface area contributed by atoms with E-state index in [0.717, 1.165) is 29.7 Å². The van der Waals surface area contributed by atoms with Crippen molar-refractivity contribution in [3.05, 3.63) is 70.9 Å². The SMILES string of the molecule is CC(C)c1ccc(CNC(C)(C)CNc2ccnc3cc(Cl)ccc23)cc1. The molecule has 27 heavy (non-hydrogen) atoms. The van der Waals surface area contributed by atoms with Gasteiger partial charge in [0.15, 0.2) is 0 Å². The fourth-order valence-electron chi connectivity index (χ4n) is 3.02. The third kappa shape index (κ3) is 5.21. The summed E-state index contributed by atoms with van der Waals surface area (Å²) in [5.74, 6) is 0.567. The Kier molecular flexibility index (Phi) is 6.03. The minimum Gasteiger partial charge on any atom is -0.383 e. The number of hydrogen-bond donors (Lipinski definition) is 2. The van der Waals surface area contributed by atoms with Gasteiger partial charge in [0.05, 0.1) is 5.52 Å². The molecular formula is C23H28ClN3. The van der Waals surface area contributed by atoms with Crippen LogP contribution >= 0.6 is 11.6 Å². The van der Waals surface area contributed by atoms with E-state index in [1.54, 1.807) is 0 Å². The first-order chi connectivity index (χ1) is 12.8. The van der Waals surface area contributed by atoms with Crippen LogP contribution in [-0.4, -0.2) is 17.1 Å². The Bertz CT molecular complexity index is 901. The molecule has 0 spiro atoms. The summed E-state index contributed by atoms with van der Waals surface area (Å²) >= 11 is 6.08. The van der Waals surface area contributed by atoms with Gasteiger partial charge in [0.2, 0.25) is 0 Å². The fourth-order valence-corrected chi connectivity index (χ4v) is 3.18. The second-order valence-corrected chi connectivity index (χ2v) is 8.44. The van der Waals surface area contributed by atoms with E-state index in [1.807, 2.05) is 30.5 Å². The van der Waals surface area contributed by atoms with E-state index in [1.165, 1.54) is 11.1 Å². The lowest BCUT2D eigenvalue weighted by Gasteiger charge is -2.28. The lowest BCUT2D eigenvalue weighted by atomic mass is 10.0. The number of nitrogens with one attached hydrogen (secondary N) is 2. The zero-order valence-corrected chi connectivity index (χ0v) is 17.3. The van der Waals surface area contributed by atoms with Crippen LogP contribution in [-0.2, 0) is 6.54 Å². The number of rotatable bonds is 7. The summed E-state index contributed by atoms with van der Waals surface area (Å²) in [6.45, 7) is 10.5. The molecular weight excluding hydrogens is 354 g/mol. The topological polar surface area (TPSA) is 37.0 Å². The van der Waals surface area contributed by atoms with Crippen molar-refractivity contribution in [3.63, 3.8) is 0 Å². The van der Waals surface area contributed by atoms with Crippen LogP contribution in [0.5, 0.6) is 0 Å². The maximum absolute atomic E-state index is 6.08. The molecule has 0 aliphatic rings. The van der Waals surface area contributed by atoms with Crippen molar-refractivity contribution in [2.24, 2.45) is 0 Å². The van der Waals surface area contributed by atoms with Crippen LogP contribution in [0.15, 0.2) is 54.7 Å². The molecule has 2 N–H and O–H groups in total. The van der Waals surface area contributed by atoms with Crippen LogP contribution in [0.4, 0.5) is 5.69 Å². The van der Waals surface area contributed by atoms with Crippen molar-refractivity contribution < 1.29 is 0 Å². The number of anilines is 1. The van der Waals surface area contributed by atoms with E-state index in [2.05, 4.69) is 67.6 Å². The van der Waals surface area contributed by atoms with E-state index in [0.29, 0.717) is 10.9 Å². The van der Waals surface area contributed by atoms with E-state index in [4.69, 9.17) is 11.6 Å². The average Bonchev–Trinajstić information content (AvgIpc) is 2.65. The number of nitrogens with zero attached hydrogens (tertiary/aromatic N) is 1. The van der Waals surface area contributed by atoms with Gasteiger partial charge in [-0.25, -0.2) is 0 Å². The third-order valence-electron chi connectivity index (χ3n) is 4.84. The highest BCUT2D eigenvalue weighted by Gasteiger charge is 2.17. The van der Waals surface area contributed by atoms with Crippen LogP contribution in [0, 0.1) is 0 Å². The number of benzene rings is 2. The molecule has 3 rings (SSSR count). The average molecular weight is 382 g/mol. The van der Waals surface area contributed by atoms with Crippen LogP contribution in [0.2, 0.25) is 5.02 Å². The summed E-state index contributed by atoms with van der Waals surface area (Å²) in [7, 11) is 0. The Balaban J connectivity index is 1.61. The molecule has 0 aliphatic heterocycles. The summed E-state index contributed by atoms with van der Waals surface area (Å²) in [5, 5.41) is 9.01. The molecule has 0 radical (unpaired) electrons. The molecule has 3 nitrogen and oxygen atoms in total. The van der Waals surface area contributed by atoms with E-state index in [9.17, 15) is 0 Å². The van der Waals surface area contributed by atoms with Crippen LogP contribution in [0.25, 0.3) is 10.9 Å². The zero-order valence-electron chi connectivity index (χ0n) is 16.5. The summed E-state index contributed by atoms with van der Waals surface area (Å²) in [6, 6.07) is 16.7. The van der Waals surface area contributed by atoms with Gasteiger partial charge in [-0.05, 0) is 55.2 Å². The number of fused-ring (bicyclic) bond motifs is 1. The maximum atomic E-state index is 6.08. The minimum atomic E-state index is -0.0568. The molecule has 0 atom stereocenters. The van der Waals surface area contributed by atoms with E-state index >= 15 is 0 Å². The first kappa shape index (κ1) is 19.7. The fraction of sp³-hybridized carbons (Fsp3) is 0.348. The number of aromatic nitrogens is 1. The highest BCUT2D eigenvalue weighted by atomic mass is 35.5. The normalized spacial score (nSPS) is 11.9. The van der Waals surface area contributed by atoms with Crippen molar-refractivity contribution in [3.8, 4) is 0 Å². The molecule has 0 fully saturated rings. The highest BCUT2D eigenvalue weighted by molar-refractivity contribution is 6.31. The summed E-state index contributed by atoms with van der Waals surface area (Å²) in [4.78, 5) is 4.40. The Hall–Kier alpha value is -2.10. The van der Waals surface area contributed by atoms with E-state index < -0.39 is 0 Å². The highest BCUT2D eigenvalue weighted by Crippen LogP contribution is 2.25. The van der Waals surface area contributed by atoms with Gasteiger partial charge < -0.3 is 10.6 Å². The summed E-state index contributed by atoms with van der Waals surface area (Å²) in [6.07, 6.45) is 1.82. The largest absolute Gasteiger partial charge is 0.383 e. The first-order valence-electron chi connectivity index (χ1n) is 9.46. The van der Waals surface area contributed by atoms with Gasteiger partial charge in [-0.15, -0.1) is 0 Å². The molecule has 0 aliphatic carbocycles. The molecule has 0 saturated heterocycles. The summed E-state index contributed by atoms with van der Waals surface area (Å²) in [5.41, 5.74) is 4.61. The molecule has 1 aromatic heterocycles. The lowest BCUT2D eigenvalue weighted by molar-refractivity contribution is 0.407. The van der Waals surface area contributed by atoms with Crippen LogP contribution in [0.1, 0.15) is 44.7 Å². The quantitative estimate of drug-likeness (QED) is 0.527. The Morgan fingerprint density at radius 3 is 2.48 bits per heavy atom. The van der Waals surface area contributed by atoms with E-state index in [-0.39, 0.29) is 5.54 Å². The number of halogens is 1. The Labute approximate surface area is 167 Å². The molecule has 0 unspecified atom stereocenters. The molecule has 2 aromatic carbocycles. The molecule has 0 bridgehead atoms. The minimum absolute atomic E-state index is 0.0568. The summed E-state index contributed by atoms with van der Waals surface area (Å²) < 4.78 is 0. The van der Waals surface area contributed by atoms with Crippen molar-refractivity contribution in [1.82, 2.24) is 10.3 Å². The van der Waals surface area contributed by atoms with Gasteiger partial charge >= 0.3 is 0 Å². The van der Waals surface area contributed by atoms with Crippen LogP contribution < -0.4 is 10.6 Å². The third-order valence-corrected chi connectivity index (χ3v) is 5.08. The monoisotopic (exact) mass is 381 g/mol. The predicted molar refractivity (Wildman–Crippen MR) is 117 cm³/mol. The number of pyridine rings is 1. The second kappa shape index (κ2) is 8.28. The predicted octanol–water partition coefficient (Wildman–Crippen LogP) is 5.99. The zero-order chi connectivity index (χ0) is 19.4. The van der Waals surface area contributed by atoms with Crippen molar-refractivity contribution in [2.45, 2.75) is 45.7 Å². The molecule has 0 amide bonds. The van der Waals surface area contributed by atoms with Gasteiger partial charge in [0.1, 0.15) is 0 Å². The first-order valence-corrected chi connectivity index (χ1v) is 9.84. The van der Waals surface area contributed by atoms with Gasteiger partial charge in [0, 0.05) is 40.9 Å². The van der Waals surface area contributed by atoms with Gasteiger partial charge in [-0.2, -0.15) is 0 Å². The lowest BCUT2D eigenvalue weighted by Crippen LogP contribution is -2.44. The maximum Gasteiger partial charge on any atom is 0.0737 e. The van der Waals surface area contributed by atoms with Crippen molar-refractivity contribution in [2.75, 3.05) is 11.9 Å². The van der Waals surface area contributed by atoms with Gasteiger partial charge in [0.25, 0.3) is 0 Å². The van der Waals surface area contributed by atoms with Gasteiger partial charge in [-0.3, -0.25) is 4.98 Å². The van der Waals surface area contributed by atoms with Gasteiger partial charge in [-0.1, -0.05) is 49.7 Å². The van der Waals surface area contributed by atoms with Crippen LogP contribution in [0.3, 0.4) is 0 Å². The molecule has 4 heteroatoms. The Morgan fingerprint density at radius 2 is 1.78 bits per heavy atom. The molecule has 3 aromatic rings. The number of hydrogen-bond acceptors (Lipinski definition) is 3. The Morgan fingerprint density at radius 1 is 1.04 bits per heavy atom.